The van der Waals surface area contributed by atoms with Gasteiger partial charge >= 0.3 is 6.09 Å². The summed E-state index contributed by atoms with van der Waals surface area (Å²) in [6, 6.07) is 9.20. The molecule has 0 N–H and O–H groups in total. The lowest BCUT2D eigenvalue weighted by Crippen LogP contribution is -2.42. The number of halogens is 2. The molecule has 37 heavy (non-hydrogen) atoms. The van der Waals surface area contributed by atoms with Gasteiger partial charge in [-0.15, -0.1) is 0 Å². The summed E-state index contributed by atoms with van der Waals surface area (Å²) >= 11 is 0. The van der Waals surface area contributed by atoms with Crippen LogP contribution < -0.4 is 4.90 Å². The number of ether oxygens (including phenoxy) is 1. The number of imidazole rings is 1. The van der Waals surface area contributed by atoms with Gasteiger partial charge in [-0.2, -0.15) is 0 Å². The molecule has 2 fully saturated rings. The third-order valence-corrected chi connectivity index (χ3v) is 7.38. The van der Waals surface area contributed by atoms with Crippen molar-refractivity contribution in [3.8, 4) is 11.1 Å². The first-order valence-corrected chi connectivity index (χ1v) is 12.4. The smallest absolute Gasteiger partial charge is 0.414 e. The van der Waals surface area contributed by atoms with E-state index in [0.29, 0.717) is 12.2 Å². The second kappa shape index (κ2) is 8.95. The van der Waals surface area contributed by atoms with E-state index < -0.39 is 23.8 Å². The summed E-state index contributed by atoms with van der Waals surface area (Å²) in [6.07, 6.45) is 0.789. The topological polar surface area (TPSA) is 76.6 Å². The quantitative estimate of drug-likeness (QED) is 0.361. The molecule has 0 saturated carbocycles. The van der Waals surface area contributed by atoms with Crippen LogP contribution in [0.1, 0.15) is 42.2 Å². The van der Waals surface area contributed by atoms with Gasteiger partial charge in [0.05, 0.1) is 29.0 Å². The van der Waals surface area contributed by atoms with Crippen molar-refractivity contribution in [1.29, 1.82) is 0 Å². The molecule has 4 heterocycles. The molecule has 0 radical (unpaired) electrons. The minimum atomic E-state index is -1.02. The Balaban J connectivity index is 1.52. The summed E-state index contributed by atoms with van der Waals surface area (Å²) in [4.78, 5) is 21.7. The highest BCUT2D eigenvalue weighted by Gasteiger charge is 2.38. The maximum absolute atomic E-state index is 14.2. The fourth-order valence-electron chi connectivity index (χ4n) is 5.66. The van der Waals surface area contributed by atoms with E-state index in [4.69, 9.17) is 14.2 Å². The fraction of sp³-hybridized carbons (Fsp3) is 0.370. The molecule has 192 valence electrons. The summed E-state index contributed by atoms with van der Waals surface area (Å²) in [5, 5.41) is 4.08. The van der Waals surface area contributed by atoms with Crippen LogP contribution in [0, 0.1) is 25.5 Å². The third kappa shape index (κ3) is 3.96. The number of likely N-dealkylation sites (N-methyl/N-ethyl adjacent to an activating group) is 1. The molecule has 0 aliphatic carbocycles. The highest BCUT2D eigenvalue weighted by Crippen LogP contribution is 2.39. The maximum Gasteiger partial charge on any atom is 0.414 e. The number of aryl methyl sites for hydroxylation is 2. The molecular formula is C27H27F2N5O3. The van der Waals surface area contributed by atoms with Crippen molar-refractivity contribution in [2.24, 2.45) is 0 Å². The number of anilines is 1. The Kier molecular flexibility index (Phi) is 5.71. The number of cyclic esters (lactones) is 1. The number of likely N-dealkylation sites (tertiary alicyclic amines) is 1. The highest BCUT2D eigenvalue weighted by molar-refractivity contribution is 5.90. The molecular weight excluding hydrogens is 480 g/mol. The summed E-state index contributed by atoms with van der Waals surface area (Å²) in [5.74, 6) is -0.565. The van der Waals surface area contributed by atoms with Crippen molar-refractivity contribution in [3.63, 3.8) is 0 Å². The lowest BCUT2D eigenvalue weighted by molar-refractivity contribution is 0.127. The SMILES string of the molecule is Cc1noc(C)c1-c1ccc2c(c1)nc(C1CCOC(=O)N1c1ccc(F)c(F)c1)n2[C@@H]1CCN(C)C1. The van der Waals surface area contributed by atoms with Crippen molar-refractivity contribution in [1.82, 2.24) is 19.6 Å². The molecule has 1 unspecified atom stereocenters. The first-order valence-electron chi connectivity index (χ1n) is 12.4. The number of fused-ring (bicyclic) bond motifs is 1. The van der Waals surface area contributed by atoms with Gasteiger partial charge in [-0.3, -0.25) is 4.90 Å². The minimum Gasteiger partial charge on any atom is -0.449 e. The molecule has 2 aliphatic rings. The zero-order chi connectivity index (χ0) is 25.8. The molecule has 6 rings (SSSR count). The molecule has 8 nitrogen and oxygen atoms in total. The Morgan fingerprint density at radius 3 is 2.59 bits per heavy atom. The fourth-order valence-corrected chi connectivity index (χ4v) is 5.66. The lowest BCUT2D eigenvalue weighted by Gasteiger charge is -2.35. The van der Waals surface area contributed by atoms with Gasteiger partial charge in [-0.25, -0.2) is 18.6 Å². The van der Waals surface area contributed by atoms with Gasteiger partial charge in [0, 0.05) is 30.6 Å². The number of rotatable bonds is 4. The molecule has 0 spiro atoms. The number of carbonyl (C=O) groups excluding carboxylic acids is 1. The van der Waals surface area contributed by atoms with Gasteiger partial charge in [-0.05, 0) is 63.7 Å². The van der Waals surface area contributed by atoms with Crippen LogP contribution in [0.15, 0.2) is 40.9 Å². The molecule has 1 amide bonds. The summed E-state index contributed by atoms with van der Waals surface area (Å²) in [5.41, 5.74) is 4.65. The largest absolute Gasteiger partial charge is 0.449 e. The Bertz CT molecular complexity index is 1490. The van der Waals surface area contributed by atoms with Crippen LogP contribution in [0.2, 0.25) is 0 Å². The van der Waals surface area contributed by atoms with Crippen molar-refractivity contribution >= 4 is 22.8 Å². The number of aromatic nitrogens is 3. The van der Waals surface area contributed by atoms with Crippen LogP contribution in [0.25, 0.3) is 22.2 Å². The minimum absolute atomic E-state index is 0.152. The number of hydrogen-bond donors (Lipinski definition) is 0. The second-order valence-corrected chi connectivity index (χ2v) is 9.83. The highest BCUT2D eigenvalue weighted by atomic mass is 19.2. The van der Waals surface area contributed by atoms with E-state index in [1.165, 1.54) is 11.0 Å². The van der Waals surface area contributed by atoms with Crippen molar-refractivity contribution in [2.75, 3.05) is 31.6 Å². The standard InChI is InChI=1S/C27H27F2N5O3/c1-15-25(16(2)37-31-15)17-4-7-23-22(12-17)30-26(33(23)19-8-10-32(3)14-19)24-9-11-36-27(35)34(24)18-5-6-20(28)21(29)13-18/h4-7,12-13,19,24H,8-11,14H2,1-3H3/t19-,24?/m1/s1. The van der Waals surface area contributed by atoms with Gasteiger partial charge in [0.25, 0.3) is 0 Å². The Morgan fingerprint density at radius 1 is 1.05 bits per heavy atom. The van der Waals surface area contributed by atoms with E-state index in [9.17, 15) is 13.6 Å². The van der Waals surface area contributed by atoms with E-state index in [-0.39, 0.29) is 18.3 Å². The van der Waals surface area contributed by atoms with Crippen LogP contribution in [0.3, 0.4) is 0 Å². The van der Waals surface area contributed by atoms with Crippen LogP contribution in [-0.2, 0) is 4.74 Å². The predicted molar refractivity (Wildman–Crippen MR) is 133 cm³/mol. The Labute approximate surface area is 212 Å². The van der Waals surface area contributed by atoms with E-state index in [1.807, 2.05) is 26.0 Å². The van der Waals surface area contributed by atoms with Crippen molar-refractivity contribution in [2.45, 2.75) is 38.8 Å². The molecule has 10 heteroatoms. The molecule has 0 bridgehead atoms. The van der Waals surface area contributed by atoms with E-state index in [1.54, 1.807) is 0 Å². The van der Waals surface area contributed by atoms with Crippen LogP contribution >= 0.6 is 0 Å². The second-order valence-electron chi connectivity index (χ2n) is 9.83. The lowest BCUT2D eigenvalue weighted by atomic mass is 10.0. The van der Waals surface area contributed by atoms with E-state index >= 15 is 0 Å². The third-order valence-electron chi connectivity index (χ3n) is 7.38. The number of carbonyl (C=O) groups is 1. The van der Waals surface area contributed by atoms with Crippen molar-refractivity contribution < 1.29 is 22.8 Å². The monoisotopic (exact) mass is 507 g/mol. The molecule has 2 atom stereocenters. The van der Waals surface area contributed by atoms with Crippen LogP contribution in [0.5, 0.6) is 0 Å². The molecule has 2 saturated heterocycles. The molecule has 2 aliphatic heterocycles. The number of nitrogens with zero attached hydrogens (tertiary/aromatic N) is 5. The predicted octanol–water partition coefficient (Wildman–Crippen LogP) is 5.55. The summed E-state index contributed by atoms with van der Waals surface area (Å²) < 4.78 is 40.8. The first-order chi connectivity index (χ1) is 17.8. The van der Waals surface area contributed by atoms with Gasteiger partial charge in [0.2, 0.25) is 0 Å². The number of hydrogen-bond acceptors (Lipinski definition) is 6. The van der Waals surface area contributed by atoms with Crippen LogP contribution in [0.4, 0.5) is 19.3 Å². The average Bonchev–Trinajstić information content (AvgIpc) is 3.56. The van der Waals surface area contributed by atoms with Gasteiger partial charge < -0.3 is 18.7 Å². The Morgan fingerprint density at radius 2 is 1.89 bits per heavy atom. The zero-order valence-electron chi connectivity index (χ0n) is 20.9. The van der Waals surface area contributed by atoms with Gasteiger partial charge in [0.15, 0.2) is 11.6 Å². The Hall–Kier alpha value is -3.79. The summed E-state index contributed by atoms with van der Waals surface area (Å²) in [6.45, 7) is 5.78. The van der Waals surface area contributed by atoms with Crippen LogP contribution in [-0.4, -0.2) is 52.4 Å². The molecule has 4 aromatic rings. The number of benzene rings is 2. The normalized spacial score (nSPS) is 20.7. The summed E-state index contributed by atoms with van der Waals surface area (Å²) in [7, 11) is 2.08. The van der Waals surface area contributed by atoms with E-state index in [0.717, 1.165) is 65.3 Å². The molecule has 2 aromatic carbocycles. The zero-order valence-corrected chi connectivity index (χ0v) is 20.9. The van der Waals surface area contributed by atoms with Crippen molar-refractivity contribution in [3.05, 3.63) is 65.3 Å². The number of amides is 1. The molecule has 2 aromatic heterocycles. The van der Waals surface area contributed by atoms with Gasteiger partial charge in [0.1, 0.15) is 17.6 Å². The average molecular weight is 508 g/mol. The maximum atomic E-state index is 14.2. The van der Waals surface area contributed by atoms with Gasteiger partial charge in [-0.1, -0.05) is 11.2 Å². The van der Waals surface area contributed by atoms with E-state index in [2.05, 4.69) is 27.7 Å². The first kappa shape index (κ1) is 23.6.